The zero-order chi connectivity index (χ0) is 84.1. The number of carboxylic acid groups (broad SMARTS) is 2. The highest BCUT2D eigenvalue weighted by Gasteiger charge is 2.52. The molecular formula is C73H121N3O35. The summed E-state index contributed by atoms with van der Waals surface area (Å²) >= 11 is 0. The molecule has 38 nitrogen and oxygen atoms in total. The van der Waals surface area contributed by atoms with Gasteiger partial charge in [0.1, 0.15) is 101 Å². The van der Waals surface area contributed by atoms with E-state index < -0.39 is 123 Å². The van der Waals surface area contributed by atoms with Crippen molar-refractivity contribution >= 4 is 77.5 Å². The van der Waals surface area contributed by atoms with Crippen LogP contribution in [0, 0.1) is 53.3 Å². The predicted molar refractivity (Wildman–Crippen MR) is 382 cm³/mol. The lowest BCUT2D eigenvalue weighted by atomic mass is 9.85. The van der Waals surface area contributed by atoms with Crippen LogP contribution in [0.2, 0.25) is 0 Å². The van der Waals surface area contributed by atoms with Crippen LogP contribution < -0.4 is 11.5 Å². The van der Waals surface area contributed by atoms with Crippen LogP contribution in [0.4, 0.5) is 0 Å². The lowest BCUT2D eigenvalue weighted by Gasteiger charge is -2.43. The van der Waals surface area contributed by atoms with Gasteiger partial charge in [-0.3, -0.25) is 52.7 Å². The van der Waals surface area contributed by atoms with Gasteiger partial charge in [0.25, 0.3) is 0 Å². The molecule has 0 aromatic carbocycles. The Balaban J connectivity index is 0.000000472. The van der Waals surface area contributed by atoms with Crippen LogP contribution in [0.1, 0.15) is 151 Å². The van der Waals surface area contributed by atoms with Crippen molar-refractivity contribution in [1.29, 1.82) is 0 Å². The van der Waals surface area contributed by atoms with Gasteiger partial charge in [0, 0.05) is 149 Å². The van der Waals surface area contributed by atoms with Crippen molar-refractivity contribution in [1.82, 2.24) is 0 Å². The summed E-state index contributed by atoms with van der Waals surface area (Å²) in [7, 11) is 0. The number of esters is 10. The Morgan fingerprint density at radius 3 is 0.937 bits per heavy atom. The molecule has 25 atom stereocenters. The Morgan fingerprint density at radius 2 is 0.640 bits per heavy atom. The number of aliphatic carboxylic acids is 2. The third kappa shape index (κ3) is 36.5. The quantitative estimate of drug-likeness (QED) is 0.0425. The summed E-state index contributed by atoms with van der Waals surface area (Å²) < 4.78 is 114. The summed E-state index contributed by atoms with van der Waals surface area (Å²) in [6.07, 6.45) is -7.29. The standard InChI is InChI=1S/C16H29NO7.C16H26O8.C14H25NO6.C14H22O8.C13H19NO6/c1-10-14(9-22-12(3)18)24-16(21-8-7-20-6-5-17)11(2)15(10)23-13(4)19;1-9-13(8-22-11(3)17)24-16(21-7-5-6-14(19)20)10(2)15(9)23-12(4)18;1-8-12(7-19-10(3)16)21-14(18-6-5-15)9(2)13(8)20-11(4)17;1-7-11(5-19-9(3)15)22-14(20-6-12(17)18)8(2)13(7)21-10(4)16;1-6-10(5-17-8(3)15)20-13-11(14-7(2)18-13)12(6)19-9(4)16/h10-11,14-16H,5-9,17H2,1-4H3;9-10,13,15-16H,5-8H2,1-4H3,(H,19,20);8-9,12-14H,5-7,15H2,1-4H3;7-8,11,13-14H,5-6H2,1-4H3,(H,17,18);6,10-13H,5H2,1-4H3. The summed E-state index contributed by atoms with van der Waals surface area (Å²) in [5.41, 5.74) is 10.8. The van der Waals surface area contributed by atoms with E-state index >= 15 is 0 Å². The molecule has 0 spiro atoms. The van der Waals surface area contributed by atoms with Gasteiger partial charge in [-0.2, -0.15) is 0 Å². The van der Waals surface area contributed by atoms with E-state index in [1.807, 2.05) is 55.4 Å². The molecule has 0 aromatic rings. The van der Waals surface area contributed by atoms with Gasteiger partial charge in [0.15, 0.2) is 37.1 Å². The average Bonchev–Trinajstić information content (AvgIpc) is 1.73. The smallest absolute Gasteiger partial charge is 0.329 e. The van der Waals surface area contributed by atoms with Gasteiger partial charge in [-0.15, -0.1) is 0 Å². The summed E-state index contributed by atoms with van der Waals surface area (Å²) in [6.45, 7) is 34.1. The second kappa shape index (κ2) is 51.4. The highest BCUT2D eigenvalue weighted by Crippen LogP contribution is 2.39. The first-order valence-electron chi connectivity index (χ1n) is 36.9. The van der Waals surface area contributed by atoms with E-state index in [4.69, 9.17) is 121 Å². The van der Waals surface area contributed by atoms with Crippen LogP contribution in [0.5, 0.6) is 0 Å². The second-order valence-electron chi connectivity index (χ2n) is 27.6. The van der Waals surface area contributed by atoms with Crippen molar-refractivity contribution in [3.8, 4) is 0 Å². The van der Waals surface area contributed by atoms with E-state index in [0.29, 0.717) is 51.8 Å². The fraction of sp³-hybridized carbons (Fsp3) is 0.822. The molecule has 25 unspecified atom stereocenters. The maximum atomic E-state index is 11.4. The maximum absolute atomic E-state index is 11.4. The van der Waals surface area contributed by atoms with E-state index in [1.54, 1.807) is 13.8 Å². The number of fused-ring (bicyclic) bond motifs is 1. The number of carboxylic acids is 2. The number of nitrogens with zero attached hydrogens (tertiary/aromatic N) is 1. The highest BCUT2D eigenvalue weighted by molar-refractivity contribution is 5.75. The number of ether oxygens (including phenoxy) is 21. The lowest BCUT2D eigenvalue weighted by molar-refractivity contribution is -0.273. The molecule has 638 valence electrons. The molecule has 0 aliphatic carbocycles. The molecule has 5 fully saturated rings. The van der Waals surface area contributed by atoms with Crippen LogP contribution in [-0.4, -0.2) is 272 Å². The first-order chi connectivity index (χ1) is 52.0. The zero-order valence-electron chi connectivity index (χ0n) is 67.5. The predicted octanol–water partition coefficient (Wildman–Crippen LogP) is 3.52. The Hall–Kier alpha value is -7.37. The Bertz CT molecular complexity index is 2930. The number of nitrogens with two attached hydrogens (primary N) is 2. The first kappa shape index (κ1) is 99.7. The molecule has 0 amide bonds. The third-order valence-corrected chi connectivity index (χ3v) is 18.2. The molecule has 6 N–H and O–H groups in total. The second-order valence-corrected chi connectivity index (χ2v) is 27.6. The molecule has 6 rings (SSSR count). The number of aliphatic imine (C=N–C) groups is 1. The van der Waals surface area contributed by atoms with E-state index in [9.17, 15) is 57.5 Å². The number of hydrogen-bond acceptors (Lipinski definition) is 36. The molecule has 6 heterocycles. The Kier molecular flexibility index (Phi) is 46.2. The molecule has 0 aromatic heterocycles. The monoisotopic (exact) mass is 1600 g/mol. The van der Waals surface area contributed by atoms with E-state index in [1.165, 1.54) is 69.2 Å². The van der Waals surface area contributed by atoms with Crippen LogP contribution in [0.3, 0.4) is 0 Å². The van der Waals surface area contributed by atoms with Crippen molar-refractivity contribution in [3.63, 3.8) is 0 Å². The molecule has 111 heavy (non-hydrogen) atoms. The number of hydrogen-bond donors (Lipinski definition) is 4. The van der Waals surface area contributed by atoms with Crippen molar-refractivity contribution in [2.24, 2.45) is 69.7 Å². The average molecular weight is 1600 g/mol. The molecule has 0 saturated carbocycles. The molecule has 38 heteroatoms. The highest BCUT2D eigenvalue weighted by atomic mass is 16.7. The van der Waals surface area contributed by atoms with Crippen molar-refractivity contribution < 1.29 is 167 Å². The van der Waals surface area contributed by atoms with Gasteiger partial charge in [0.2, 0.25) is 6.29 Å². The first-order valence-corrected chi connectivity index (χ1v) is 36.9. The van der Waals surface area contributed by atoms with E-state index in [0.717, 1.165) is 0 Å². The molecule has 0 radical (unpaired) electrons. The van der Waals surface area contributed by atoms with Crippen LogP contribution >= 0.6 is 0 Å². The molecule has 0 bridgehead atoms. The topological polar surface area (TPSA) is 504 Å². The largest absolute Gasteiger partial charge is 0.481 e. The van der Waals surface area contributed by atoms with Crippen molar-refractivity contribution in [2.75, 3.05) is 85.8 Å². The van der Waals surface area contributed by atoms with Gasteiger partial charge < -0.3 is 121 Å². The SMILES string of the molecule is CC(=O)OCC1OC(OCC(=O)O)C(C)C(OC(C)=O)C1C.CC(=O)OCC1OC(OCCCC(=O)O)C(C)C(OC(C)=O)C1C.CC(=O)OCC1OC(OCCN)C(C)C(OC(C)=O)C1C.CC(=O)OCC1OC(OCCOCCN)C(C)C(OC(C)=O)C1C.CC(=O)OCC1OC2OC(C)=NC2C(OC(C)=O)C1C. The zero-order valence-corrected chi connectivity index (χ0v) is 67.5. The molecular weight excluding hydrogens is 1480 g/mol. The van der Waals surface area contributed by atoms with E-state index in [2.05, 4.69) is 4.99 Å². The number of carbonyl (C=O) groups is 12. The molecule has 6 aliphatic rings. The summed E-state index contributed by atoms with van der Waals surface area (Å²) in [5.74, 6) is -7.21. The summed E-state index contributed by atoms with van der Waals surface area (Å²) in [4.78, 5) is 137. The van der Waals surface area contributed by atoms with Gasteiger partial charge in [-0.05, 0) is 6.42 Å². The van der Waals surface area contributed by atoms with Gasteiger partial charge >= 0.3 is 71.6 Å². The van der Waals surface area contributed by atoms with Crippen molar-refractivity contribution in [2.45, 2.75) is 250 Å². The summed E-state index contributed by atoms with van der Waals surface area (Å²) in [5, 5.41) is 17.4. The minimum atomic E-state index is -1.13. The van der Waals surface area contributed by atoms with Crippen LogP contribution in [0.15, 0.2) is 4.99 Å². The maximum Gasteiger partial charge on any atom is 0.329 e. The fourth-order valence-electron chi connectivity index (χ4n) is 12.6. The van der Waals surface area contributed by atoms with Gasteiger partial charge in [-0.25, -0.2) is 9.79 Å². The van der Waals surface area contributed by atoms with Gasteiger partial charge in [-0.1, -0.05) is 62.3 Å². The number of carbonyl (C=O) groups excluding carboxylic acids is 10. The lowest BCUT2D eigenvalue weighted by Crippen LogP contribution is -2.54. The fourth-order valence-corrected chi connectivity index (χ4v) is 12.6. The Labute approximate surface area is 647 Å². The van der Waals surface area contributed by atoms with Gasteiger partial charge in [0.05, 0.1) is 33.0 Å². The molecule has 5 saturated heterocycles. The summed E-state index contributed by atoms with van der Waals surface area (Å²) in [6, 6.07) is -0.373. The third-order valence-electron chi connectivity index (χ3n) is 18.2. The normalized spacial score (nSPS) is 31.7. The Morgan fingerprint density at radius 1 is 0.351 bits per heavy atom. The minimum Gasteiger partial charge on any atom is -0.481 e. The number of rotatable bonds is 32. The minimum absolute atomic E-state index is 0.00174. The van der Waals surface area contributed by atoms with Crippen LogP contribution in [-0.2, 0) is 157 Å². The van der Waals surface area contributed by atoms with E-state index in [-0.39, 0.29) is 153 Å². The van der Waals surface area contributed by atoms with Crippen molar-refractivity contribution in [3.05, 3.63) is 0 Å². The van der Waals surface area contributed by atoms with Crippen LogP contribution in [0.25, 0.3) is 0 Å². The molecule has 6 aliphatic heterocycles.